The summed E-state index contributed by atoms with van der Waals surface area (Å²) in [6.45, 7) is 5.43. The number of hydrogen-bond acceptors (Lipinski definition) is 5. The summed E-state index contributed by atoms with van der Waals surface area (Å²) in [7, 11) is -3.57. The van der Waals surface area contributed by atoms with Crippen LogP contribution in [0.1, 0.15) is 23.5 Å². The van der Waals surface area contributed by atoms with E-state index in [1.54, 1.807) is 36.4 Å². The minimum absolute atomic E-state index is 0. The van der Waals surface area contributed by atoms with Gasteiger partial charge < -0.3 is 10.2 Å². The van der Waals surface area contributed by atoms with Crippen LogP contribution in [0.3, 0.4) is 0 Å². The molecule has 3 rings (SSSR count). The van der Waals surface area contributed by atoms with E-state index in [1.807, 2.05) is 18.7 Å². The summed E-state index contributed by atoms with van der Waals surface area (Å²) in [6.07, 6.45) is 0. The Balaban J connectivity index is 0.00000225. The van der Waals surface area contributed by atoms with Gasteiger partial charge in [0, 0.05) is 25.2 Å². The highest BCUT2D eigenvalue weighted by Crippen LogP contribution is 2.29. The van der Waals surface area contributed by atoms with Gasteiger partial charge in [-0.1, -0.05) is 18.2 Å². The molecule has 1 fully saturated rings. The van der Waals surface area contributed by atoms with Gasteiger partial charge in [0.1, 0.15) is 4.21 Å². The van der Waals surface area contributed by atoms with Gasteiger partial charge in [-0.25, -0.2) is 8.42 Å². The van der Waals surface area contributed by atoms with E-state index in [2.05, 4.69) is 5.32 Å². The van der Waals surface area contributed by atoms with Crippen molar-refractivity contribution in [2.45, 2.75) is 35.0 Å². The third kappa shape index (κ3) is 3.89. The molecule has 1 aromatic heterocycles. The van der Waals surface area contributed by atoms with Crippen molar-refractivity contribution in [1.29, 1.82) is 0 Å². The van der Waals surface area contributed by atoms with Crippen molar-refractivity contribution in [2.24, 2.45) is 0 Å². The second-order valence-corrected chi connectivity index (χ2v) is 9.18. The summed E-state index contributed by atoms with van der Waals surface area (Å²) in [6, 6.07) is 11.7. The van der Waals surface area contributed by atoms with Crippen LogP contribution < -0.4 is 5.32 Å². The van der Waals surface area contributed by atoms with Crippen LogP contribution in [0, 0.1) is 0 Å². The molecule has 2 atom stereocenters. The topological polar surface area (TPSA) is 66.5 Å². The maximum absolute atomic E-state index is 12.7. The van der Waals surface area contributed by atoms with Crippen molar-refractivity contribution in [2.75, 3.05) is 13.1 Å². The number of thiophene rings is 1. The largest absolute Gasteiger partial charge is 0.332 e. The maximum atomic E-state index is 12.7. The van der Waals surface area contributed by atoms with Gasteiger partial charge in [-0.05, 0) is 38.1 Å². The first-order chi connectivity index (χ1) is 11.4. The van der Waals surface area contributed by atoms with E-state index < -0.39 is 9.84 Å². The molecule has 25 heavy (non-hydrogen) atoms. The number of benzene rings is 1. The fraction of sp³-hybridized carbons (Fsp3) is 0.353. The summed E-state index contributed by atoms with van der Waals surface area (Å²) in [5.41, 5.74) is 0. The Bertz CT molecular complexity index is 837. The molecule has 1 amide bonds. The standard InChI is InChI=1S/C17H20N2O3S2.ClH/c1-12-13(2)19(11-10-18-12)17(20)15-8-9-16(23-15)24(21,22)14-6-4-3-5-7-14;/h3-9,12-13,18H,10-11H2,1-2H3;1H. The molecule has 136 valence electrons. The summed E-state index contributed by atoms with van der Waals surface area (Å²) in [4.78, 5) is 15.3. The molecule has 2 aromatic rings. The minimum Gasteiger partial charge on any atom is -0.332 e. The number of rotatable bonds is 3. The lowest BCUT2D eigenvalue weighted by atomic mass is 10.1. The summed E-state index contributed by atoms with van der Waals surface area (Å²) >= 11 is 1.04. The molecular weight excluding hydrogens is 380 g/mol. The first-order valence-corrected chi connectivity index (χ1v) is 10.2. The van der Waals surface area contributed by atoms with Crippen LogP contribution in [0.25, 0.3) is 0 Å². The van der Waals surface area contributed by atoms with Crippen molar-refractivity contribution in [3.8, 4) is 0 Å². The smallest absolute Gasteiger partial charge is 0.264 e. The lowest BCUT2D eigenvalue weighted by Gasteiger charge is -2.38. The van der Waals surface area contributed by atoms with Gasteiger partial charge in [0.05, 0.1) is 9.77 Å². The van der Waals surface area contributed by atoms with Crippen LogP contribution in [-0.2, 0) is 9.84 Å². The number of piperazine rings is 1. The zero-order valence-corrected chi connectivity index (χ0v) is 16.5. The number of halogens is 1. The Morgan fingerprint density at radius 2 is 1.84 bits per heavy atom. The van der Waals surface area contributed by atoms with Gasteiger partial charge in [0.15, 0.2) is 0 Å². The third-order valence-electron chi connectivity index (χ3n) is 4.41. The Hall–Kier alpha value is -1.41. The van der Waals surface area contributed by atoms with E-state index in [9.17, 15) is 13.2 Å². The number of carbonyl (C=O) groups is 1. The highest BCUT2D eigenvalue weighted by molar-refractivity contribution is 7.93. The average molecular weight is 401 g/mol. The van der Waals surface area contributed by atoms with Gasteiger partial charge >= 0.3 is 0 Å². The lowest BCUT2D eigenvalue weighted by molar-refractivity contribution is 0.0608. The van der Waals surface area contributed by atoms with Gasteiger partial charge in [0.2, 0.25) is 9.84 Å². The number of carbonyl (C=O) groups excluding carboxylic acids is 1. The molecule has 1 saturated heterocycles. The van der Waals surface area contributed by atoms with Gasteiger partial charge in [-0.15, -0.1) is 23.7 Å². The molecular formula is C17H21ClN2O3S2. The first-order valence-electron chi connectivity index (χ1n) is 7.85. The van der Waals surface area contributed by atoms with Crippen LogP contribution in [0.15, 0.2) is 51.6 Å². The highest BCUT2D eigenvalue weighted by Gasteiger charge is 2.30. The first kappa shape index (κ1) is 19.9. The molecule has 0 aliphatic carbocycles. The number of hydrogen-bond donors (Lipinski definition) is 1. The quantitative estimate of drug-likeness (QED) is 0.860. The monoisotopic (exact) mass is 400 g/mol. The zero-order valence-electron chi connectivity index (χ0n) is 14.0. The molecule has 8 heteroatoms. The molecule has 1 aliphatic rings. The molecule has 1 aromatic carbocycles. The Kier molecular flexibility index (Phi) is 6.26. The van der Waals surface area contributed by atoms with E-state index in [1.165, 1.54) is 6.07 Å². The van der Waals surface area contributed by atoms with Gasteiger partial charge in [-0.3, -0.25) is 4.79 Å². The van der Waals surface area contributed by atoms with Crippen molar-refractivity contribution >= 4 is 39.5 Å². The summed E-state index contributed by atoms with van der Waals surface area (Å²) < 4.78 is 25.5. The van der Waals surface area contributed by atoms with Crippen molar-refractivity contribution < 1.29 is 13.2 Å². The molecule has 1 N–H and O–H groups in total. The van der Waals surface area contributed by atoms with Crippen molar-refractivity contribution in [1.82, 2.24) is 10.2 Å². The Morgan fingerprint density at radius 1 is 1.16 bits per heavy atom. The van der Waals surface area contributed by atoms with Crippen molar-refractivity contribution in [3.05, 3.63) is 47.3 Å². The van der Waals surface area contributed by atoms with Gasteiger partial charge in [-0.2, -0.15) is 0 Å². The summed E-state index contributed by atoms with van der Waals surface area (Å²) in [5, 5.41) is 3.33. The van der Waals surface area contributed by atoms with Gasteiger partial charge in [0.25, 0.3) is 5.91 Å². The minimum atomic E-state index is -3.57. The molecule has 5 nitrogen and oxygen atoms in total. The lowest BCUT2D eigenvalue weighted by Crippen LogP contribution is -2.57. The van der Waals surface area contributed by atoms with E-state index >= 15 is 0 Å². The van der Waals surface area contributed by atoms with E-state index in [0.717, 1.165) is 17.9 Å². The molecule has 1 aliphatic heterocycles. The number of sulfone groups is 1. The van der Waals surface area contributed by atoms with Crippen LogP contribution in [-0.4, -0.2) is 44.4 Å². The highest BCUT2D eigenvalue weighted by atomic mass is 35.5. The Labute approximate surface area is 158 Å². The van der Waals surface area contributed by atoms with E-state index in [-0.39, 0.29) is 39.5 Å². The molecule has 2 unspecified atom stereocenters. The second-order valence-electron chi connectivity index (χ2n) is 5.92. The van der Waals surface area contributed by atoms with Crippen LogP contribution >= 0.6 is 23.7 Å². The molecule has 2 heterocycles. The van der Waals surface area contributed by atoms with Crippen LogP contribution in [0.4, 0.5) is 0 Å². The fourth-order valence-electron chi connectivity index (χ4n) is 2.78. The van der Waals surface area contributed by atoms with E-state index in [4.69, 9.17) is 0 Å². The SMILES string of the molecule is CC1NCCN(C(=O)c2ccc(S(=O)(=O)c3ccccc3)s2)C1C.Cl. The van der Waals surface area contributed by atoms with Crippen molar-refractivity contribution in [3.63, 3.8) is 0 Å². The third-order valence-corrected chi connectivity index (χ3v) is 7.74. The normalized spacial score (nSPS) is 20.8. The average Bonchev–Trinajstić information content (AvgIpc) is 3.08. The fourth-order valence-corrected chi connectivity index (χ4v) is 5.47. The predicted octanol–water partition coefficient (Wildman–Crippen LogP) is 2.83. The summed E-state index contributed by atoms with van der Waals surface area (Å²) in [5.74, 6) is -0.102. The molecule has 0 bridgehead atoms. The predicted molar refractivity (Wildman–Crippen MR) is 101 cm³/mol. The Morgan fingerprint density at radius 3 is 2.52 bits per heavy atom. The van der Waals surface area contributed by atoms with E-state index in [0.29, 0.717) is 11.4 Å². The number of amides is 1. The number of nitrogens with zero attached hydrogens (tertiary/aromatic N) is 1. The molecule has 0 spiro atoms. The molecule has 0 radical (unpaired) electrons. The van der Waals surface area contributed by atoms with Crippen LogP contribution in [0.5, 0.6) is 0 Å². The van der Waals surface area contributed by atoms with Crippen LogP contribution in [0.2, 0.25) is 0 Å². The maximum Gasteiger partial charge on any atom is 0.264 e. The number of nitrogens with one attached hydrogen (secondary N) is 1. The molecule has 0 saturated carbocycles. The zero-order chi connectivity index (χ0) is 17.3. The second kappa shape index (κ2) is 7.86.